The molecule has 0 radical (unpaired) electrons. The molecule has 31 heavy (non-hydrogen) atoms. The van der Waals surface area contributed by atoms with Crippen molar-refractivity contribution < 1.29 is 8.42 Å². The Bertz CT molecular complexity index is 1330. The second kappa shape index (κ2) is 7.24. The largest absolute Gasteiger partial charge is 0.364 e. The summed E-state index contributed by atoms with van der Waals surface area (Å²) in [7, 11) is 0.771. The van der Waals surface area contributed by atoms with Crippen molar-refractivity contribution in [2.45, 2.75) is 31.2 Å². The van der Waals surface area contributed by atoms with Gasteiger partial charge in [-0.2, -0.15) is 0 Å². The molecule has 0 bridgehead atoms. The van der Waals surface area contributed by atoms with E-state index in [0.29, 0.717) is 11.6 Å². The molecule has 8 heteroatoms. The van der Waals surface area contributed by atoms with Crippen molar-refractivity contribution in [3.63, 3.8) is 0 Å². The third-order valence-electron chi connectivity index (χ3n) is 6.65. The van der Waals surface area contributed by atoms with Gasteiger partial charge in [0.1, 0.15) is 5.52 Å². The number of aryl methyl sites for hydroxylation is 1. The molecule has 4 heterocycles. The fraction of sp³-hybridized carbons (Fsp3) is 0.435. The van der Waals surface area contributed by atoms with Crippen LogP contribution in [0.1, 0.15) is 24.0 Å². The average molecular weight is 441 g/mol. The van der Waals surface area contributed by atoms with Gasteiger partial charge in [0.25, 0.3) is 5.56 Å². The summed E-state index contributed by atoms with van der Waals surface area (Å²) in [5, 5.41) is 0.955. The number of likely N-dealkylation sites (tertiary alicyclic amines) is 1. The molecule has 1 N–H and O–H groups in total. The summed E-state index contributed by atoms with van der Waals surface area (Å²) in [6.45, 7) is 2.84. The van der Waals surface area contributed by atoms with Crippen LogP contribution in [0, 0.1) is 0 Å². The number of hydrogen-bond donors (Lipinski definition) is 1. The Labute approximate surface area is 182 Å². The smallest absolute Gasteiger partial charge is 0.274 e. The molecule has 0 spiro atoms. The average Bonchev–Trinajstić information content (AvgIpc) is 3.07. The highest BCUT2D eigenvalue weighted by Crippen LogP contribution is 2.42. The monoisotopic (exact) mass is 440 g/mol. The van der Waals surface area contributed by atoms with Crippen molar-refractivity contribution in [1.29, 1.82) is 0 Å². The van der Waals surface area contributed by atoms with Crippen LogP contribution in [0.3, 0.4) is 0 Å². The number of rotatable bonds is 3. The van der Waals surface area contributed by atoms with Crippen molar-refractivity contribution >= 4 is 26.4 Å². The maximum atomic E-state index is 12.8. The van der Waals surface area contributed by atoms with Crippen LogP contribution in [0.5, 0.6) is 0 Å². The molecule has 2 aliphatic rings. The van der Waals surface area contributed by atoms with Crippen molar-refractivity contribution in [2.24, 2.45) is 7.05 Å². The molecule has 5 rings (SSSR count). The second-order valence-corrected chi connectivity index (χ2v) is 11.2. The second-order valence-electron chi connectivity index (χ2n) is 9.11. The molecule has 2 aliphatic heterocycles. The molecule has 0 aliphatic carbocycles. The van der Waals surface area contributed by atoms with Crippen LogP contribution < -0.4 is 10.5 Å². The normalized spacial score (nSPS) is 17.7. The van der Waals surface area contributed by atoms with Crippen LogP contribution in [0.2, 0.25) is 0 Å². The predicted molar refractivity (Wildman–Crippen MR) is 124 cm³/mol. The van der Waals surface area contributed by atoms with Crippen LogP contribution >= 0.6 is 0 Å². The van der Waals surface area contributed by atoms with Crippen LogP contribution in [0.4, 0.5) is 5.69 Å². The van der Waals surface area contributed by atoms with Gasteiger partial charge >= 0.3 is 0 Å². The number of pyridine rings is 1. The molecule has 7 nitrogen and oxygen atoms in total. The van der Waals surface area contributed by atoms with Crippen LogP contribution in [-0.4, -0.2) is 55.3 Å². The Morgan fingerprint density at radius 1 is 1.13 bits per heavy atom. The number of fused-ring (bicyclic) bond motifs is 2. The standard InChI is InChI=1S/C23H28N4O3S/c1-25-8-6-17(7-9-25)27-12-16-11-24-22-21(16)19(13-26(2)23(22)28)18-10-15(4-5-20(18)27)14-31(3,29)30/h4-5,10-11,13,17,24H,6-9,12,14H2,1-3H3. The zero-order chi connectivity index (χ0) is 21.9. The van der Waals surface area contributed by atoms with Gasteiger partial charge in [-0.1, -0.05) is 6.07 Å². The number of anilines is 1. The number of benzene rings is 1. The SMILES string of the molecule is CN1CCC(N2Cc3c[nH]c4c(=O)n(C)cc(c34)-c3cc(CS(C)(=O)=O)ccc32)CC1. The van der Waals surface area contributed by atoms with Crippen molar-refractivity contribution in [1.82, 2.24) is 14.5 Å². The predicted octanol–water partition coefficient (Wildman–Crippen LogP) is 2.49. The first kappa shape index (κ1) is 20.3. The summed E-state index contributed by atoms with van der Waals surface area (Å²) in [5.41, 5.74) is 5.54. The number of hydrogen-bond acceptors (Lipinski definition) is 5. The number of aromatic nitrogens is 2. The molecule has 3 aromatic rings. The Kier molecular flexibility index (Phi) is 4.75. The van der Waals surface area contributed by atoms with Gasteiger partial charge in [-0.3, -0.25) is 4.79 Å². The molecule has 0 atom stereocenters. The summed E-state index contributed by atoms with van der Waals surface area (Å²) < 4.78 is 25.5. The van der Waals surface area contributed by atoms with E-state index in [1.165, 1.54) is 6.26 Å². The van der Waals surface area contributed by atoms with Gasteiger partial charge in [-0.25, -0.2) is 8.42 Å². The lowest BCUT2D eigenvalue weighted by molar-refractivity contribution is 0.249. The summed E-state index contributed by atoms with van der Waals surface area (Å²) >= 11 is 0. The van der Waals surface area contributed by atoms with Crippen LogP contribution in [0.15, 0.2) is 35.4 Å². The van der Waals surface area contributed by atoms with E-state index in [2.05, 4.69) is 27.9 Å². The van der Waals surface area contributed by atoms with E-state index in [9.17, 15) is 13.2 Å². The number of sulfone groups is 1. The van der Waals surface area contributed by atoms with E-state index < -0.39 is 9.84 Å². The lowest BCUT2D eigenvalue weighted by atomic mass is 9.98. The van der Waals surface area contributed by atoms with Crippen molar-refractivity contribution in [3.05, 3.63) is 52.1 Å². The molecule has 0 unspecified atom stereocenters. The fourth-order valence-corrected chi connectivity index (χ4v) is 5.89. The van der Waals surface area contributed by atoms with E-state index >= 15 is 0 Å². The van der Waals surface area contributed by atoms with Crippen LogP contribution in [-0.2, 0) is 29.2 Å². The Balaban J connectivity index is 1.74. The number of piperidine rings is 1. The molecule has 1 saturated heterocycles. The summed E-state index contributed by atoms with van der Waals surface area (Å²) in [6, 6.07) is 6.40. The summed E-state index contributed by atoms with van der Waals surface area (Å²) in [6.07, 6.45) is 7.26. The first-order valence-corrected chi connectivity index (χ1v) is 12.7. The summed E-state index contributed by atoms with van der Waals surface area (Å²) in [5.74, 6) is 0.00338. The maximum absolute atomic E-state index is 12.8. The van der Waals surface area contributed by atoms with E-state index in [-0.39, 0.29) is 11.3 Å². The molecule has 1 fully saturated rings. The van der Waals surface area contributed by atoms with E-state index in [1.54, 1.807) is 11.6 Å². The number of H-pyrrole nitrogens is 1. The quantitative estimate of drug-likeness (QED) is 0.677. The van der Waals surface area contributed by atoms with Gasteiger partial charge in [0, 0.05) is 60.5 Å². The zero-order valence-corrected chi connectivity index (χ0v) is 19.0. The highest BCUT2D eigenvalue weighted by Gasteiger charge is 2.30. The van der Waals surface area contributed by atoms with E-state index in [1.807, 2.05) is 24.5 Å². The maximum Gasteiger partial charge on any atom is 0.274 e. The van der Waals surface area contributed by atoms with Gasteiger partial charge in [0.15, 0.2) is 9.84 Å². The van der Waals surface area contributed by atoms with Gasteiger partial charge in [0.2, 0.25) is 0 Å². The molecule has 0 saturated carbocycles. The minimum absolute atomic E-state index is 0.00338. The first-order chi connectivity index (χ1) is 14.7. The summed E-state index contributed by atoms with van der Waals surface area (Å²) in [4.78, 5) is 20.8. The lowest BCUT2D eigenvalue weighted by Gasteiger charge is -2.39. The highest BCUT2D eigenvalue weighted by molar-refractivity contribution is 7.89. The number of aromatic amines is 1. The molecular weight excluding hydrogens is 412 g/mol. The van der Waals surface area contributed by atoms with Gasteiger partial charge in [0.05, 0.1) is 5.75 Å². The number of nitrogens with one attached hydrogen (secondary N) is 1. The Morgan fingerprint density at radius 2 is 1.87 bits per heavy atom. The fourth-order valence-electron chi connectivity index (χ4n) is 5.11. The molecule has 164 valence electrons. The highest BCUT2D eigenvalue weighted by atomic mass is 32.2. The first-order valence-electron chi connectivity index (χ1n) is 10.7. The van der Waals surface area contributed by atoms with Gasteiger partial charge < -0.3 is 19.4 Å². The zero-order valence-electron chi connectivity index (χ0n) is 18.2. The molecule has 2 aromatic heterocycles. The minimum atomic E-state index is -3.15. The number of nitrogens with zero attached hydrogens (tertiary/aromatic N) is 3. The minimum Gasteiger partial charge on any atom is -0.364 e. The van der Waals surface area contributed by atoms with E-state index in [0.717, 1.165) is 65.8 Å². The van der Waals surface area contributed by atoms with Gasteiger partial charge in [-0.05, 0) is 56.2 Å². The molecule has 1 aromatic carbocycles. The van der Waals surface area contributed by atoms with Gasteiger partial charge in [-0.15, -0.1) is 0 Å². The van der Waals surface area contributed by atoms with Crippen LogP contribution in [0.25, 0.3) is 22.0 Å². The van der Waals surface area contributed by atoms with Crippen molar-refractivity contribution in [2.75, 3.05) is 31.3 Å². The molecular formula is C23H28N4O3S. The van der Waals surface area contributed by atoms with E-state index in [4.69, 9.17) is 0 Å². The third-order valence-corrected chi connectivity index (χ3v) is 7.50. The molecule has 0 amide bonds. The van der Waals surface area contributed by atoms with Crippen molar-refractivity contribution in [3.8, 4) is 11.1 Å². The third kappa shape index (κ3) is 3.57. The Hall–Kier alpha value is -2.58. The lowest BCUT2D eigenvalue weighted by Crippen LogP contribution is -2.43. The topological polar surface area (TPSA) is 78.4 Å². The Morgan fingerprint density at radius 3 is 2.58 bits per heavy atom.